The largest absolute Gasteiger partial charge is 0.497 e. The third-order valence-corrected chi connectivity index (χ3v) is 3.96. The van der Waals surface area contributed by atoms with E-state index in [1.54, 1.807) is 55.6 Å². The molecule has 0 aromatic heterocycles. The Balaban J connectivity index is 1.95. The molecule has 0 fully saturated rings. The van der Waals surface area contributed by atoms with Gasteiger partial charge in [0.25, 0.3) is 5.91 Å². The third kappa shape index (κ3) is 5.87. The molecule has 2 aromatic rings. The number of amides is 1. The Morgan fingerprint density at radius 3 is 2.52 bits per heavy atom. The fourth-order valence-corrected chi connectivity index (χ4v) is 2.26. The number of ether oxygens (including phenoxy) is 2. The van der Waals surface area contributed by atoms with Crippen LogP contribution in [0, 0.1) is 18.3 Å². The Morgan fingerprint density at radius 2 is 1.93 bits per heavy atom. The lowest BCUT2D eigenvalue weighted by molar-refractivity contribution is -0.142. The van der Waals surface area contributed by atoms with Gasteiger partial charge in [-0.2, -0.15) is 5.26 Å². The zero-order valence-electron chi connectivity index (χ0n) is 14.8. The van der Waals surface area contributed by atoms with Crippen molar-refractivity contribution in [3.63, 3.8) is 0 Å². The van der Waals surface area contributed by atoms with E-state index >= 15 is 0 Å². The zero-order valence-corrected chi connectivity index (χ0v) is 15.5. The first-order valence-corrected chi connectivity index (χ1v) is 8.29. The standard InChI is InChI=1S/C20H17ClN2O4/c1-13-3-6-16(10-18(13)21)23-19(24)12-27-20(25)15(11-22)9-14-4-7-17(26-2)8-5-14/h3-10H,12H2,1-2H3,(H,23,24)/b15-9+. The summed E-state index contributed by atoms with van der Waals surface area (Å²) in [4.78, 5) is 23.9. The van der Waals surface area contributed by atoms with E-state index < -0.39 is 18.5 Å². The van der Waals surface area contributed by atoms with Crippen molar-refractivity contribution in [3.05, 3.63) is 64.2 Å². The van der Waals surface area contributed by atoms with E-state index in [9.17, 15) is 9.59 Å². The minimum absolute atomic E-state index is 0.216. The molecule has 1 N–H and O–H groups in total. The number of carbonyl (C=O) groups is 2. The van der Waals surface area contributed by atoms with Gasteiger partial charge < -0.3 is 14.8 Å². The fourth-order valence-electron chi connectivity index (χ4n) is 2.08. The summed E-state index contributed by atoms with van der Waals surface area (Å²) in [5, 5.41) is 12.2. The molecule has 2 aromatic carbocycles. The molecule has 0 heterocycles. The second-order valence-electron chi connectivity index (χ2n) is 5.53. The summed E-state index contributed by atoms with van der Waals surface area (Å²) in [5.41, 5.74) is 1.78. The summed E-state index contributed by atoms with van der Waals surface area (Å²) in [6.45, 7) is 1.32. The first-order chi connectivity index (χ1) is 12.9. The van der Waals surface area contributed by atoms with Crippen molar-refractivity contribution >= 4 is 35.2 Å². The van der Waals surface area contributed by atoms with Gasteiger partial charge in [0, 0.05) is 10.7 Å². The van der Waals surface area contributed by atoms with Crippen LogP contribution in [0.15, 0.2) is 48.0 Å². The number of rotatable bonds is 6. The van der Waals surface area contributed by atoms with E-state index in [0.29, 0.717) is 22.0 Å². The molecule has 138 valence electrons. The number of nitrogens with one attached hydrogen (secondary N) is 1. The minimum atomic E-state index is -0.884. The molecule has 0 saturated heterocycles. The van der Waals surface area contributed by atoms with Gasteiger partial charge in [-0.1, -0.05) is 29.8 Å². The predicted octanol–water partition coefficient (Wildman–Crippen LogP) is 3.75. The normalized spacial score (nSPS) is 10.7. The van der Waals surface area contributed by atoms with Crippen LogP contribution >= 0.6 is 11.6 Å². The first kappa shape index (κ1) is 20.0. The lowest BCUT2D eigenvalue weighted by Crippen LogP contribution is -2.21. The van der Waals surface area contributed by atoms with Gasteiger partial charge in [0.05, 0.1) is 7.11 Å². The zero-order chi connectivity index (χ0) is 19.8. The third-order valence-electron chi connectivity index (χ3n) is 3.56. The maximum atomic E-state index is 12.0. The summed E-state index contributed by atoms with van der Waals surface area (Å²) in [6, 6.07) is 13.6. The van der Waals surface area contributed by atoms with Gasteiger partial charge in [-0.05, 0) is 48.4 Å². The predicted molar refractivity (Wildman–Crippen MR) is 102 cm³/mol. The van der Waals surface area contributed by atoms with Crippen LogP contribution in [0.1, 0.15) is 11.1 Å². The average Bonchev–Trinajstić information content (AvgIpc) is 2.67. The SMILES string of the molecule is COc1ccc(/C=C(\C#N)C(=O)OCC(=O)Nc2ccc(C)c(Cl)c2)cc1. The Kier molecular flexibility index (Phi) is 6.98. The monoisotopic (exact) mass is 384 g/mol. The van der Waals surface area contributed by atoms with Crippen molar-refractivity contribution in [2.24, 2.45) is 0 Å². The van der Waals surface area contributed by atoms with Crippen LogP contribution in [-0.2, 0) is 14.3 Å². The van der Waals surface area contributed by atoms with Gasteiger partial charge in [0.2, 0.25) is 0 Å². The van der Waals surface area contributed by atoms with E-state index in [0.717, 1.165) is 5.56 Å². The second kappa shape index (κ2) is 9.41. The smallest absolute Gasteiger partial charge is 0.349 e. The van der Waals surface area contributed by atoms with Crippen LogP contribution in [0.4, 0.5) is 5.69 Å². The number of nitriles is 1. The van der Waals surface area contributed by atoms with Gasteiger partial charge in [0.15, 0.2) is 6.61 Å². The summed E-state index contributed by atoms with van der Waals surface area (Å²) >= 11 is 5.99. The molecule has 27 heavy (non-hydrogen) atoms. The van der Waals surface area contributed by atoms with Crippen LogP contribution in [-0.4, -0.2) is 25.6 Å². The van der Waals surface area contributed by atoms with Crippen LogP contribution in [0.5, 0.6) is 5.75 Å². The number of anilines is 1. The number of benzene rings is 2. The summed E-state index contributed by atoms with van der Waals surface area (Å²) in [6.07, 6.45) is 1.37. The maximum absolute atomic E-state index is 12.0. The highest BCUT2D eigenvalue weighted by Gasteiger charge is 2.13. The number of nitrogens with zero attached hydrogens (tertiary/aromatic N) is 1. The number of aryl methyl sites for hydroxylation is 1. The number of hydrogen-bond acceptors (Lipinski definition) is 5. The molecular weight excluding hydrogens is 368 g/mol. The van der Waals surface area contributed by atoms with E-state index in [1.807, 2.05) is 6.92 Å². The van der Waals surface area contributed by atoms with Crippen molar-refractivity contribution in [2.75, 3.05) is 19.0 Å². The maximum Gasteiger partial charge on any atom is 0.349 e. The average molecular weight is 385 g/mol. The molecule has 0 unspecified atom stereocenters. The number of hydrogen-bond donors (Lipinski definition) is 1. The van der Waals surface area contributed by atoms with Crippen molar-refractivity contribution in [3.8, 4) is 11.8 Å². The van der Waals surface area contributed by atoms with Gasteiger partial charge in [-0.3, -0.25) is 4.79 Å². The summed E-state index contributed by atoms with van der Waals surface area (Å²) in [7, 11) is 1.54. The van der Waals surface area contributed by atoms with Gasteiger partial charge in [-0.25, -0.2) is 4.79 Å². The molecule has 0 bridgehead atoms. The Bertz CT molecular complexity index is 915. The second-order valence-corrected chi connectivity index (χ2v) is 5.94. The minimum Gasteiger partial charge on any atom is -0.497 e. The summed E-state index contributed by atoms with van der Waals surface area (Å²) in [5.74, 6) is -0.767. The highest BCUT2D eigenvalue weighted by atomic mass is 35.5. The van der Waals surface area contributed by atoms with Crippen molar-refractivity contribution in [2.45, 2.75) is 6.92 Å². The number of esters is 1. The summed E-state index contributed by atoms with van der Waals surface area (Å²) < 4.78 is 9.95. The van der Waals surface area contributed by atoms with E-state index in [1.165, 1.54) is 6.08 Å². The van der Waals surface area contributed by atoms with E-state index in [-0.39, 0.29) is 5.57 Å². The quantitative estimate of drug-likeness (QED) is 0.465. The number of methoxy groups -OCH3 is 1. The molecule has 0 radical (unpaired) electrons. The van der Waals surface area contributed by atoms with Gasteiger partial charge in [-0.15, -0.1) is 0 Å². The Morgan fingerprint density at radius 1 is 1.22 bits per heavy atom. The lowest BCUT2D eigenvalue weighted by atomic mass is 10.1. The Labute approximate surface area is 162 Å². The molecule has 0 aliphatic carbocycles. The van der Waals surface area contributed by atoms with Crippen molar-refractivity contribution < 1.29 is 19.1 Å². The molecule has 0 atom stereocenters. The molecule has 0 spiro atoms. The van der Waals surface area contributed by atoms with Crippen molar-refractivity contribution in [1.82, 2.24) is 0 Å². The number of halogens is 1. The molecular formula is C20H17ClN2O4. The van der Waals surface area contributed by atoms with Gasteiger partial charge >= 0.3 is 5.97 Å². The highest BCUT2D eigenvalue weighted by molar-refractivity contribution is 6.31. The highest BCUT2D eigenvalue weighted by Crippen LogP contribution is 2.20. The molecule has 2 rings (SSSR count). The molecule has 0 aliphatic rings. The molecule has 0 saturated carbocycles. The fraction of sp³-hybridized carbons (Fsp3) is 0.150. The van der Waals surface area contributed by atoms with E-state index in [4.69, 9.17) is 26.3 Å². The molecule has 1 amide bonds. The van der Waals surface area contributed by atoms with Crippen molar-refractivity contribution in [1.29, 1.82) is 5.26 Å². The molecule has 0 aliphatic heterocycles. The topological polar surface area (TPSA) is 88.4 Å². The van der Waals surface area contributed by atoms with Crippen LogP contribution < -0.4 is 10.1 Å². The molecule has 7 heteroatoms. The van der Waals surface area contributed by atoms with Crippen LogP contribution in [0.25, 0.3) is 6.08 Å². The first-order valence-electron chi connectivity index (χ1n) is 7.92. The van der Waals surface area contributed by atoms with Gasteiger partial charge in [0.1, 0.15) is 17.4 Å². The Hall–Kier alpha value is -3.30. The van der Waals surface area contributed by atoms with E-state index in [2.05, 4.69) is 5.32 Å². The van der Waals surface area contributed by atoms with Crippen LogP contribution in [0.3, 0.4) is 0 Å². The number of carbonyl (C=O) groups excluding carboxylic acids is 2. The molecule has 6 nitrogen and oxygen atoms in total. The van der Waals surface area contributed by atoms with Crippen LogP contribution in [0.2, 0.25) is 5.02 Å². The lowest BCUT2D eigenvalue weighted by Gasteiger charge is -2.07.